The highest BCUT2D eigenvalue weighted by atomic mass is 16.5. The molecule has 1 fully saturated rings. The molecule has 1 aliphatic heterocycles. The zero-order chi connectivity index (χ0) is 17.5. The Morgan fingerprint density at radius 1 is 1.28 bits per heavy atom. The third kappa shape index (κ3) is 4.55. The maximum absolute atomic E-state index is 12.5. The number of morpholine rings is 1. The maximum Gasteiger partial charge on any atom is 0.251 e. The lowest BCUT2D eigenvalue weighted by atomic mass is 10.1. The van der Waals surface area contributed by atoms with Gasteiger partial charge >= 0.3 is 0 Å². The van der Waals surface area contributed by atoms with E-state index in [9.17, 15) is 4.79 Å². The molecular formula is C19H23N3O3. The highest BCUT2D eigenvalue weighted by Crippen LogP contribution is 2.18. The molecule has 0 spiro atoms. The molecule has 6 nitrogen and oxygen atoms in total. The van der Waals surface area contributed by atoms with Crippen LogP contribution in [0.1, 0.15) is 21.5 Å². The minimum atomic E-state index is -0.102. The molecule has 0 radical (unpaired) electrons. The summed E-state index contributed by atoms with van der Waals surface area (Å²) in [4.78, 5) is 19.1. The molecule has 2 heterocycles. The van der Waals surface area contributed by atoms with E-state index < -0.39 is 0 Å². The van der Waals surface area contributed by atoms with Gasteiger partial charge in [0.25, 0.3) is 5.91 Å². The van der Waals surface area contributed by atoms with Gasteiger partial charge in [0.05, 0.1) is 19.8 Å². The van der Waals surface area contributed by atoms with Crippen LogP contribution in [0.15, 0.2) is 42.6 Å². The van der Waals surface area contributed by atoms with Crippen LogP contribution in [-0.2, 0) is 22.6 Å². The highest BCUT2D eigenvalue weighted by molar-refractivity contribution is 5.94. The van der Waals surface area contributed by atoms with Gasteiger partial charge in [-0.1, -0.05) is 18.2 Å². The molecule has 1 saturated heterocycles. The summed E-state index contributed by atoms with van der Waals surface area (Å²) >= 11 is 0. The molecule has 1 aliphatic rings. The molecule has 0 aliphatic carbocycles. The standard InChI is InChI=1S/C19H23N3O3/c1-24-14-15-4-2-5-16(12-15)19(23)21-13-17-6-3-7-20-18(17)22-8-10-25-11-9-22/h2-7,12H,8-11,13-14H2,1H3,(H,21,23). The fourth-order valence-electron chi connectivity index (χ4n) is 2.87. The second-order valence-corrected chi connectivity index (χ2v) is 5.90. The van der Waals surface area contributed by atoms with Gasteiger partial charge in [-0.05, 0) is 23.8 Å². The Kier molecular flexibility index (Phi) is 5.98. The molecule has 3 rings (SSSR count). The van der Waals surface area contributed by atoms with E-state index >= 15 is 0 Å². The summed E-state index contributed by atoms with van der Waals surface area (Å²) in [6, 6.07) is 11.4. The van der Waals surface area contributed by atoms with Gasteiger partial charge in [0.1, 0.15) is 5.82 Å². The number of rotatable bonds is 6. The van der Waals surface area contributed by atoms with Gasteiger partial charge in [-0.15, -0.1) is 0 Å². The summed E-state index contributed by atoms with van der Waals surface area (Å²) in [5.74, 6) is 0.814. The average Bonchev–Trinajstić information content (AvgIpc) is 2.67. The van der Waals surface area contributed by atoms with E-state index in [0.29, 0.717) is 31.9 Å². The van der Waals surface area contributed by atoms with Gasteiger partial charge < -0.3 is 19.7 Å². The molecule has 1 aromatic heterocycles. The predicted molar refractivity (Wildman–Crippen MR) is 95.6 cm³/mol. The quantitative estimate of drug-likeness (QED) is 0.871. The van der Waals surface area contributed by atoms with Crippen molar-refractivity contribution >= 4 is 11.7 Å². The largest absolute Gasteiger partial charge is 0.380 e. The monoisotopic (exact) mass is 341 g/mol. The van der Waals surface area contributed by atoms with Crippen molar-refractivity contribution < 1.29 is 14.3 Å². The van der Waals surface area contributed by atoms with Gasteiger partial charge in [0, 0.05) is 44.1 Å². The van der Waals surface area contributed by atoms with Gasteiger partial charge in [-0.3, -0.25) is 4.79 Å². The Labute approximate surface area is 147 Å². The zero-order valence-corrected chi connectivity index (χ0v) is 14.4. The molecule has 0 saturated carbocycles. The molecule has 25 heavy (non-hydrogen) atoms. The van der Waals surface area contributed by atoms with Gasteiger partial charge in [-0.25, -0.2) is 4.98 Å². The molecular weight excluding hydrogens is 318 g/mol. The van der Waals surface area contributed by atoms with Crippen molar-refractivity contribution in [3.8, 4) is 0 Å². The first-order valence-electron chi connectivity index (χ1n) is 8.40. The zero-order valence-electron chi connectivity index (χ0n) is 14.4. The number of nitrogens with one attached hydrogen (secondary N) is 1. The molecule has 1 aromatic carbocycles. The Hall–Kier alpha value is -2.44. The van der Waals surface area contributed by atoms with Crippen molar-refractivity contribution in [3.05, 3.63) is 59.3 Å². The maximum atomic E-state index is 12.5. The van der Waals surface area contributed by atoms with E-state index in [1.165, 1.54) is 0 Å². The van der Waals surface area contributed by atoms with Crippen LogP contribution in [0.2, 0.25) is 0 Å². The normalized spacial score (nSPS) is 14.4. The molecule has 2 aromatic rings. The number of pyridine rings is 1. The van der Waals surface area contributed by atoms with Crippen molar-refractivity contribution in [2.45, 2.75) is 13.2 Å². The lowest BCUT2D eigenvalue weighted by Gasteiger charge is -2.29. The Balaban J connectivity index is 1.67. The number of hydrogen-bond acceptors (Lipinski definition) is 5. The van der Waals surface area contributed by atoms with Crippen molar-refractivity contribution in [2.75, 3.05) is 38.3 Å². The molecule has 1 amide bonds. The number of ether oxygens (including phenoxy) is 2. The van der Waals surface area contributed by atoms with Crippen molar-refractivity contribution in [1.82, 2.24) is 10.3 Å². The Morgan fingerprint density at radius 3 is 2.92 bits per heavy atom. The molecule has 0 atom stereocenters. The minimum absolute atomic E-state index is 0.102. The number of aromatic nitrogens is 1. The summed E-state index contributed by atoms with van der Waals surface area (Å²) in [5, 5.41) is 2.99. The summed E-state index contributed by atoms with van der Waals surface area (Å²) in [6.45, 7) is 3.97. The van der Waals surface area contributed by atoms with Crippen LogP contribution in [0, 0.1) is 0 Å². The van der Waals surface area contributed by atoms with E-state index in [2.05, 4.69) is 15.2 Å². The average molecular weight is 341 g/mol. The lowest BCUT2D eigenvalue weighted by molar-refractivity contribution is 0.0950. The van der Waals surface area contributed by atoms with Crippen LogP contribution >= 0.6 is 0 Å². The van der Waals surface area contributed by atoms with Crippen molar-refractivity contribution in [2.24, 2.45) is 0 Å². The van der Waals surface area contributed by atoms with E-state index in [0.717, 1.165) is 30.0 Å². The van der Waals surface area contributed by atoms with E-state index in [4.69, 9.17) is 9.47 Å². The van der Waals surface area contributed by atoms with Gasteiger partial charge in [0.2, 0.25) is 0 Å². The number of methoxy groups -OCH3 is 1. The first-order valence-corrected chi connectivity index (χ1v) is 8.40. The third-order valence-corrected chi connectivity index (χ3v) is 4.12. The van der Waals surface area contributed by atoms with Crippen LogP contribution in [0.25, 0.3) is 0 Å². The number of nitrogens with zero attached hydrogens (tertiary/aromatic N) is 2. The van der Waals surface area contributed by atoms with Crippen molar-refractivity contribution in [3.63, 3.8) is 0 Å². The second kappa shape index (κ2) is 8.60. The van der Waals surface area contributed by atoms with Crippen LogP contribution in [0.4, 0.5) is 5.82 Å². The van der Waals surface area contributed by atoms with Crippen LogP contribution in [0.5, 0.6) is 0 Å². The molecule has 0 bridgehead atoms. The van der Waals surface area contributed by atoms with Crippen LogP contribution < -0.4 is 10.2 Å². The fraction of sp³-hybridized carbons (Fsp3) is 0.368. The third-order valence-electron chi connectivity index (χ3n) is 4.12. The number of anilines is 1. The molecule has 1 N–H and O–H groups in total. The highest BCUT2D eigenvalue weighted by Gasteiger charge is 2.16. The first kappa shape index (κ1) is 17.4. The topological polar surface area (TPSA) is 63.7 Å². The number of hydrogen-bond donors (Lipinski definition) is 1. The SMILES string of the molecule is COCc1cccc(C(=O)NCc2cccnc2N2CCOCC2)c1. The van der Waals surface area contributed by atoms with Gasteiger partial charge in [0.15, 0.2) is 0 Å². The summed E-state index contributed by atoms with van der Waals surface area (Å²) in [6.07, 6.45) is 1.78. The van der Waals surface area contributed by atoms with E-state index in [-0.39, 0.29) is 5.91 Å². The van der Waals surface area contributed by atoms with Crippen molar-refractivity contribution in [1.29, 1.82) is 0 Å². The van der Waals surface area contributed by atoms with E-state index in [1.54, 1.807) is 19.4 Å². The number of benzene rings is 1. The molecule has 132 valence electrons. The first-order chi connectivity index (χ1) is 12.3. The predicted octanol–water partition coefficient (Wildman–Crippen LogP) is 1.99. The summed E-state index contributed by atoms with van der Waals surface area (Å²) < 4.78 is 10.5. The minimum Gasteiger partial charge on any atom is -0.380 e. The second-order valence-electron chi connectivity index (χ2n) is 5.90. The number of carbonyl (C=O) groups is 1. The summed E-state index contributed by atoms with van der Waals surface area (Å²) in [5.41, 5.74) is 2.61. The fourth-order valence-corrected chi connectivity index (χ4v) is 2.87. The Bertz CT molecular complexity index is 715. The van der Waals surface area contributed by atoms with Crippen LogP contribution in [0.3, 0.4) is 0 Å². The Morgan fingerprint density at radius 2 is 2.12 bits per heavy atom. The van der Waals surface area contributed by atoms with E-state index in [1.807, 2.05) is 30.3 Å². The molecule has 6 heteroatoms. The van der Waals surface area contributed by atoms with Crippen LogP contribution in [-0.4, -0.2) is 44.3 Å². The number of amides is 1. The lowest BCUT2D eigenvalue weighted by Crippen LogP contribution is -2.37. The van der Waals surface area contributed by atoms with Gasteiger partial charge in [-0.2, -0.15) is 0 Å². The smallest absolute Gasteiger partial charge is 0.251 e. The molecule has 0 unspecified atom stereocenters. The number of carbonyl (C=O) groups excluding carboxylic acids is 1. The summed E-state index contributed by atoms with van der Waals surface area (Å²) in [7, 11) is 1.64.